The van der Waals surface area contributed by atoms with E-state index in [1.807, 2.05) is 35.1 Å². The summed E-state index contributed by atoms with van der Waals surface area (Å²) in [4.78, 5) is 10.7. The SMILES string of the molecule is COc1ccnc(F)c1-c1ccc2c(c1)c(-c1ccnc(N3CCNCC3)c1)nn2COCC[S+](C)C. The van der Waals surface area contributed by atoms with Gasteiger partial charge in [-0.1, -0.05) is 6.07 Å². The maximum atomic E-state index is 14.8. The van der Waals surface area contributed by atoms with Crippen molar-refractivity contribution in [1.82, 2.24) is 25.1 Å². The minimum atomic E-state index is -0.574. The van der Waals surface area contributed by atoms with E-state index in [2.05, 4.69) is 38.8 Å². The van der Waals surface area contributed by atoms with Gasteiger partial charge < -0.3 is 19.7 Å². The Morgan fingerprint density at radius 1 is 1.03 bits per heavy atom. The van der Waals surface area contributed by atoms with E-state index in [1.165, 1.54) is 13.3 Å². The lowest BCUT2D eigenvalue weighted by molar-refractivity contribution is 0.0843. The minimum absolute atomic E-state index is 0.316. The Labute approximate surface area is 219 Å². The van der Waals surface area contributed by atoms with Gasteiger partial charge in [0.2, 0.25) is 5.95 Å². The number of piperazine rings is 1. The second kappa shape index (κ2) is 11.5. The van der Waals surface area contributed by atoms with Crippen molar-refractivity contribution in [2.24, 2.45) is 0 Å². The lowest BCUT2D eigenvalue weighted by atomic mass is 10.0. The summed E-state index contributed by atoms with van der Waals surface area (Å²) in [5, 5.41) is 9.24. The fourth-order valence-electron chi connectivity index (χ4n) is 4.51. The number of hydrogen-bond donors (Lipinski definition) is 1. The minimum Gasteiger partial charge on any atom is -0.496 e. The predicted molar refractivity (Wildman–Crippen MR) is 148 cm³/mol. The summed E-state index contributed by atoms with van der Waals surface area (Å²) in [6.07, 6.45) is 7.64. The van der Waals surface area contributed by atoms with Crippen LogP contribution in [0.1, 0.15) is 0 Å². The third-order valence-electron chi connectivity index (χ3n) is 6.43. The molecule has 5 rings (SSSR count). The second-order valence-corrected chi connectivity index (χ2v) is 11.5. The largest absolute Gasteiger partial charge is 0.496 e. The van der Waals surface area contributed by atoms with Gasteiger partial charge >= 0.3 is 0 Å². The van der Waals surface area contributed by atoms with Gasteiger partial charge in [-0.15, -0.1) is 0 Å². The number of anilines is 1. The van der Waals surface area contributed by atoms with Crippen LogP contribution in [-0.4, -0.2) is 77.9 Å². The maximum Gasteiger partial charge on any atom is 0.224 e. The molecule has 1 aliphatic heterocycles. The first-order valence-corrected chi connectivity index (χ1v) is 14.5. The molecule has 10 heteroatoms. The molecule has 1 N–H and O–H groups in total. The highest BCUT2D eigenvalue weighted by Gasteiger charge is 2.19. The number of ether oxygens (including phenoxy) is 2. The van der Waals surface area contributed by atoms with E-state index in [0.29, 0.717) is 41.1 Å². The number of nitrogens with one attached hydrogen (secondary N) is 1. The molecule has 0 saturated carbocycles. The number of aromatic nitrogens is 4. The summed E-state index contributed by atoms with van der Waals surface area (Å²) in [7, 11) is 1.85. The van der Waals surface area contributed by atoms with Crippen molar-refractivity contribution in [3.8, 4) is 28.1 Å². The average Bonchev–Trinajstić information content (AvgIpc) is 3.29. The van der Waals surface area contributed by atoms with Gasteiger partial charge in [-0.3, -0.25) is 0 Å². The number of methoxy groups -OCH3 is 1. The van der Waals surface area contributed by atoms with Crippen LogP contribution in [-0.2, 0) is 22.4 Å². The number of halogens is 1. The van der Waals surface area contributed by atoms with E-state index >= 15 is 0 Å². The molecule has 0 spiro atoms. The van der Waals surface area contributed by atoms with Gasteiger partial charge in [0.1, 0.15) is 29.7 Å². The molecule has 3 aromatic heterocycles. The van der Waals surface area contributed by atoms with Gasteiger partial charge in [0, 0.05) is 49.5 Å². The molecule has 1 fully saturated rings. The van der Waals surface area contributed by atoms with Crippen LogP contribution < -0.4 is 15.0 Å². The van der Waals surface area contributed by atoms with Crippen LogP contribution >= 0.6 is 0 Å². The first kappa shape index (κ1) is 25.4. The lowest BCUT2D eigenvalue weighted by Gasteiger charge is -2.28. The smallest absolute Gasteiger partial charge is 0.224 e. The van der Waals surface area contributed by atoms with E-state index in [9.17, 15) is 4.39 Å². The second-order valence-electron chi connectivity index (χ2n) is 9.13. The topological polar surface area (TPSA) is 77.3 Å². The van der Waals surface area contributed by atoms with Gasteiger partial charge in [-0.2, -0.15) is 9.49 Å². The molecule has 1 aliphatic rings. The van der Waals surface area contributed by atoms with Crippen molar-refractivity contribution in [3.05, 3.63) is 54.7 Å². The molecule has 1 saturated heterocycles. The first-order valence-electron chi connectivity index (χ1n) is 12.3. The van der Waals surface area contributed by atoms with Crippen LogP contribution in [0.25, 0.3) is 33.3 Å². The summed E-state index contributed by atoms with van der Waals surface area (Å²) in [5.41, 5.74) is 3.67. The van der Waals surface area contributed by atoms with Crippen molar-refractivity contribution in [1.29, 1.82) is 0 Å². The van der Waals surface area contributed by atoms with E-state index in [4.69, 9.17) is 14.6 Å². The summed E-state index contributed by atoms with van der Waals surface area (Å²) >= 11 is 0. The predicted octanol–water partition coefficient (Wildman–Crippen LogP) is 3.57. The molecule has 0 radical (unpaired) electrons. The molecule has 4 aromatic rings. The normalized spacial score (nSPS) is 14.0. The Kier molecular flexibility index (Phi) is 7.87. The highest BCUT2D eigenvalue weighted by Crippen LogP contribution is 2.36. The maximum absolute atomic E-state index is 14.8. The summed E-state index contributed by atoms with van der Waals surface area (Å²) in [5.74, 6) is 1.79. The van der Waals surface area contributed by atoms with Crippen molar-refractivity contribution in [2.75, 3.05) is 63.1 Å². The molecule has 0 bridgehead atoms. The van der Waals surface area contributed by atoms with Gasteiger partial charge in [-0.05, 0) is 46.8 Å². The van der Waals surface area contributed by atoms with Crippen LogP contribution in [0, 0.1) is 5.95 Å². The zero-order valence-corrected chi connectivity index (χ0v) is 22.2. The number of nitrogens with zero attached hydrogens (tertiary/aromatic N) is 5. The third kappa shape index (κ3) is 5.56. The van der Waals surface area contributed by atoms with E-state index in [1.54, 1.807) is 6.07 Å². The lowest BCUT2D eigenvalue weighted by Crippen LogP contribution is -2.43. The number of benzene rings is 1. The molecule has 8 nitrogen and oxygen atoms in total. The Balaban J connectivity index is 1.59. The van der Waals surface area contributed by atoms with Crippen LogP contribution in [0.2, 0.25) is 0 Å². The van der Waals surface area contributed by atoms with Gasteiger partial charge in [0.25, 0.3) is 0 Å². The van der Waals surface area contributed by atoms with Gasteiger partial charge in [-0.25, -0.2) is 14.6 Å². The van der Waals surface area contributed by atoms with Crippen LogP contribution in [0.15, 0.2) is 48.8 Å². The molecule has 37 heavy (non-hydrogen) atoms. The number of pyridine rings is 2. The molecular weight excluding hydrogens is 491 g/mol. The van der Waals surface area contributed by atoms with Crippen LogP contribution in [0.5, 0.6) is 5.75 Å². The van der Waals surface area contributed by atoms with Crippen LogP contribution in [0.4, 0.5) is 10.2 Å². The average molecular weight is 524 g/mol. The monoisotopic (exact) mass is 523 g/mol. The van der Waals surface area contributed by atoms with Crippen molar-refractivity contribution in [2.45, 2.75) is 6.73 Å². The first-order chi connectivity index (χ1) is 18.0. The zero-order chi connectivity index (χ0) is 25.8. The van der Waals surface area contributed by atoms with Crippen molar-refractivity contribution < 1.29 is 13.9 Å². The van der Waals surface area contributed by atoms with E-state index in [-0.39, 0.29) is 0 Å². The van der Waals surface area contributed by atoms with Crippen molar-refractivity contribution >= 4 is 27.6 Å². The molecular formula is C27H32FN6O2S+. The van der Waals surface area contributed by atoms with Crippen molar-refractivity contribution in [3.63, 3.8) is 0 Å². The molecule has 1 aromatic carbocycles. The standard InChI is InChI=1S/C27H32FN6O2S/c1-35-23-7-9-31-27(28)25(23)19-4-5-22-21(16-19)26(32-34(22)18-36-14-15-37(2)3)20-6-8-30-24(17-20)33-12-10-29-11-13-33/h4-9,16-17,29H,10-15,18H2,1-3H3/q+1. The molecule has 0 aliphatic carbocycles. The highest BCUT2D eigenvalue weighted by molar-refractivity contribution is 7.95. The fourth-order valence-corrected chi connectivity index (χ4v) is 4.96. The third-order valence-corrected chi connectivity index (χ3v) is 7.42. The molecule has 0 unspecified atom stereocenters. The molecule has 4 heterocycles. The highest BCUT2D eigenvalue weighted by atomic mass is 32.2. The summed E-state index contributed by atoms with van der Waals surface area (Å²) < 4.78 is 28.1. The summed E-state index contributed by atoms with van der Waals surface area (Å²) in [6, 6.07) is 11.5. The zero-order valence-electron chi connectivity index (χ0n) is 21.4. The molecule has 194 valence electrons. The number of hydrogen-bond acceptors (Lipinski definition) is 7. The Morgan fingerprint density at radius 3 is 2.62 bits per heavy atom. The molecule has 0 atom stereocenters. The summed E-state index contributed by atoms with van der Waals surface area (Å²) in [6.45, 7) is 4.68. The molecule has 0 amide bonds. The van der Waals surface area contributed by atoms with Gasteiger partial charge in [0.15, 0.2) is 0 Å². The Bertz CT molecular complexity index is 1370. The Hall–Kier alpha value is -3.21. The van der Waals surface area contributed by atoms with Crippen LogP contribution in [0.3, 0.4) is 0 Å². The van der Waals surface area contributed by atoms with E-state index in [0.717, 1.165) is 59.9 Å². The quantitative estimate of drug-likeness (QED) is 0.204. The Morgan fingerprint density at radius 2 is 1.84 bits per heavy atom. The fraction of sp³-hybridized carbons (Fsp3) is 0.370. The number of fused-ring (bicyclic) bond motifs is 1. The van der Waals surface area contributed by atoms with E-state index < -0.39 is 5.95 Å². The number of rotatable bonds is 9. The van der Waals surface area contributed by atoms with Gasteiger partial charge in [0.05, 0.1) is 37.3 Å².